The number of allylic oxidation sites excluding steroid dienone is 2. The monoisotopic (exact) mass is 402 g/mol. The zero-order valence-corrected chi connectivity index (χ0v) is 15.2. The first-order valence-electron chi connectivity index (χ1n) is 8.19. The second-order valence-electron chi connectivity index (χ2n) is 6.68. The van der Waals surface area contributed by atoms with Crippen molar-refractivity contribution >= 4 is 29.2 Å². The molecule has 2 heterocycles. The molecule has 2 aromatic rings. The molecular weight excluding hydrogens is 391 g/mol. The largest absolute Gasteiger partial charge is 0.508 e. The standard InChI is InChI=1S/C20H12Cl2O5/c21-17-3-1-2-16-19(17,22)18(25)27-20(16)12-6-4-10(23)8-14(12)26-15-9-11(24)5-7-13(15)20/h1-9,16,23-24H. The smallest absolute Gasteiger partial charge is 0.334 e. The van der Waals surface area contributed by atoms with E-state index in [2.05, 4.69) is 0 Å². The summed E-state index contributed by atoms with van der Waals surface area (Å²) in [7, 11) is 0. The van der Waals surface area contributed by atoms with Gasteiger partial charge >= 0.3 is 5.97 Å². The molecule has 2 aliphatic heterocycles. The Balaban J connectivity index is 1.86. The number of hydrogen-bond donors (Lipinski definition) is 2. The number of phenols is 2. The first-order chi connectivity index (χ1) is 12.9. The highest BCUT2D eigenvalue weighted by molar-refractivity contribution is 6.47. The van der Waals surface area contributed by atoms with E-state index in [9.17, 15) is 15.0 Å². The van der Waals surface area contributed by atoms with E-state index in [1.807, 2.05) is 0 Å². The lowest BCUT2D eigenvalue weighted by molar-refractivity contribution is -0.148. The fourth-order valence-electron chi connectivity index (χ4n) is 4.09. The molecule has 2 unspecified atom stereocenters. The molecule has 2 N–H and O–H groups in total. The van der Waals surface area contributed by atoms with Gasteiger partial charge < -0.3 is 19.7 Å². The Kier molecular flexibility index (Phi) is 3.19. The molecule has 1 spiro atoms. The summed E-state index contributed by atoms with van der Waals surface area (Å²) in [6.07, 6.45) is 5.08. The van der Waals surface area contributed by atoms with Gasteiger partial charge in [0.15, 0.2) is 10.5 Å². The van der Waals surface area contributed by atoms with Crippen LogP contribution in [-0.4, -0.2) is 21.1 Å². The van der Waals surface area contributed by atoms with Crippen LogP contribution in [0.15, 0.2) is 59.7 Å². The quantitative estimate of drug-likeness (QED) is 0.507. The second kappa shape index (κ2) is 5.21. The number of carbonyl (C=O) groups excluding carboxylic acids is 1. The summed E-state index contributed by atoms with van der Waals surface area (Å²) >= 11 is 13.1. The van der Waals surface area contributed by atoms with Gasteiger partial charge in [-0.25, -0.2) is 4.79 Å². The second-order valence-corrected chi connectivity index (χ2v) is 7.68. The number of carbonyl (C=O) groups is 1. The van der Waals surface area contributed by atoms with Crippen LogP contribution in [0.3, 0.4) is 0 Å². The van der Waals surface area contributed by atoms with Crippen molar-refractivity contribution in [1.29, 1.82) is 0 Å². The van der Waals surface area contributed by atoms with Crippen LogP contribution in [0.25, 0.3) is 0 Å². The van der Waals surface area contributed by atoms with Crippen LogP contribution in [0.2, 0.25) is 0 Å². The van der Waals surface area contributed by atoms with Crippen molar-refractivity contribution in [2.24, 2.45) is 5.92 Å². The van der Waals surface area contributed by atoms with Crippen molar-refractivity contribution in [3.8, 4) is 23.0 Å². The minimum atomic E-state index is -1.57. The van der Waals surface area contributed by atoms with Crippen LogP contribution in [0, 0.1) is 5.92 Å². The predicted molar refractivity (Wildman–Crippen MR) is 98.3 cm³/mol. The predicted octanol–water partition coefficient (Wildman–Crippen LogP) is 4.29. The number of hydrogen-bond acceptors (Lipinski definition) is 5. The zero-order chi connectivity index (χ0) is 19.0. The number of rotatable bonds is 0. The minimum absolute atomic E-state index is 0.00826. The van der Waals surface area contributed by atoms with Gasteiger partial charge in [0.05, 0.1) is 11.0 Å². The molecule has 0 bridgehead atoms. The molecule has 1 aliphatic carbocycles. The average molecular weight is 403 g/mol. The lowest BCUT2D eigenvalue weighted by atomic mass is 9.69. The maximum absolute atomic E-state index is 12.9. The number of halogens is 2. The Morgan fingerprint density at radius 1 is 1.00 bits per heavy atom. The maximum Gasteiger partial charge on any atom is 0.334 e. The van der Waals surface area contributed by atoms with Gasteiger partial charge in [-0.15, -0.1) is 0 Å². The Morgan fingerprint density at radius 2 is 1.59 bits per heavy atom. The molecule has 1 saturated heterocycles. The summed E-state index contributed by atoms with van der Waals surface area (Å²) in [6, 6.07) is 9.10. The molecule has 7 heteroatoms. The van der Waals surface area contributed by atoms with Gasteiger partial charge in [0.2, 0.25) is 0 Å². The minimum Gasteiger partial charge on any atom is -0.508 e. The number of alkyl halides is 1. The van der Waals surface area contributed by atoms with Crippen molar-refractivity contribution < 1.29 is 24.5 Å². The molecule has 0 amide bonds. The number of benzene rings is 2. The van der Waals surface area contributed by atoms with Crippen molar-refractivity contribution in [1.82, 2.24) is 0 Å². The van der Waals surface area contributed by atoms with Gasteiger partial charge in [-0.05, 0) is 30.3 Å². The topological polar surface area (TPSA) is 76.0 Å². The van der Waals surface area contributed by atoms with Gasteiger partial charge in [-0.2, -0.15) is 0 Å². The summed E-state index contributed by atoms with van der Waals surface area (Å²) in [6.45, 7) is 0. The van der Waals surface area contributed by atoms with Crippen LogP contribution >= 0.6 is 23.2 Å². The third kappa shape index (κ3) is 1.93. The van der Waals surface area contributed by atoms with Gasteiger partial charge in [-0.3, -0.25) is 0 Å². The number of esters is 1. The van der Waals surface area contributed by atoms with E-state index in [0.29, 0.717) is 22.6 Å². The average Bonchev–Trinajstić information content (AvgIpc) is 2.85. The fraction of sp³-hybridized carbons (Fsp3) is 0.150. The van der Waals surface area contributed by atoms with Crippen LogP contribution in [0.4, 0.5) is 0 Å². The van der Waals surface area contributed by atoms with E-state index in [0.717, 1.165) is 0 Å². The summed E-state index contributed by atoms with van der Waals surface area (Å²) in [5, 5.41) is 20.0. The van der Waals surface area contributed by atoms with Crippen LogP contribution in [0.5, 0.6) is 23.0 Å². The van der Waals surface area contributed by atoms with Crippen molar-refractivity contribution in [2.75, 3.05) is 0 Å². The third-order valence-corrected chi connectivity index (χ3v) is 6.38. The summed E-state index contributed by atoms with van der Waals surface area (Å²) in [5.41, 5.74) is -0.237. The molecule has 2 atom stereocenters. The van der Waals surface area contributed by atoms with E-state index in [4.69, 9.17) is 32.7 Å². The van der Waals surface area contributed by atoms with Crippen LogP contribution < -0.4 is 4.74 Å². The maximum atomic E-state index is 12.9. The number of ether oxygens (including phenoxy) is 2. The van der Waals surface area contributed by atoms with Gasteiger partial charge in [0, 0.05) is 23.3 Å². The first kappa shape index (κ1) is 16.5. The Hall–Kier alpha value is -2.63. The zero-order valence-electron chi connectivity index (χ0n) is 13.6. The molecule has 27 heavy (non-hydrogen) atoms. The fourth-order valence-corrected chi connectivity index (χ4v) is 4.69. The van der Waals surface area contributed by atoms with Crippen LogP contribution in [0.1, 0.15) is 11.1 Å². The lowest BCUT2D eigenvalue weighted by Crippen LogP contribution is -2.43. The van der Waals surface area contributed by atoms with E-state index in [1.165, 1.54) is 24.3 Å². The van der Waals surface area contributed by atoms with E-state index < -0.39 is 22.4 Å². The molecule has 3 aliphatic rings. The first-order valence-corrected chi connectivity index (χ1v) is 8.94. The number of phenolic OH excluding ortho intramolecular Hbond substituents is 2. The highest BCUT2D eigenvalue weighted by Crippen LogP contribution is 2.63. The number of aromatic hydroxyl groups is 2. The normalized spacial score (nSPS) is 26.5. The van der Waals surface area contributed by atoms with Gasteiger partial charge in [-0.1, -0.05) is 35.4 Å². The molecular formula is C20H12Cl2O5. The lowest BCUT2D eigenvalue weighted by Gasteiger charge is -2.40. The van der Waals surface area contributed by atoms with E-state index in [1.54, 1.807) is 30.4 Å². The molecule has 0 aromatic heterocycles. The number of fused-ring (bicyclic) bond motifs is 6. The summed E-state index contributed by atoms with van der Waals surface area (Å²) in [5.74, 6) is -0.731. The van der Waals surface area contributed by atoms with E-state index in [-0.39, 0.29) is 16.5 Å². The molecule has 2 aromatic carbocycles. The van der Waals surface area contributed by atoms with Crippen LogP contribution in [-0.2, 0) is 15.1 Å². The van der Waals surface area contributed by atoms with Crippen molar-refractivity contribution in [3.05, 3.63) is 70.8 Å². The van der Waals surface area contributed by atoms with E-state index >= 15 is 0 Å². The van der Waals surface area contributed by atoms with Gasteiger partial charge in [0.1, 0.15) is 23.0 Å². The molecule has 5 rings (SSSR count). The Bertz CT molecular complexity index is 1020. The molecule has 5 nitrogen and oxygen atoms in total. The highest BCUT2D eigenvalue weighted by Gasteiger charge is 2.68. The molecule has 136 valence electrons. The molecule has 0 radical (unpaired) electrons. The summed E-state index contributed by atoms with van der Waals surface area (Å²) in [4.78, 5) is 11.3. The molecule has 0 saturated carbocycles. The van der Waals surface area contributed by atoms with Crippen molar-refractivity contribution in [3.63, 3.8) is 0 Å². The third-order valence-electron chi connectivity index (χ3n) is 5.26. The summed E-state index contributed by atoms with van der Waals surface area (Å²) < 4.78 is 11.8. The SMILES string of the molecule is O=C1OC2(c3ccc(O)cc3Oc3cc(O)ccc32)C2C=CC=C(Cl)C12Cl. The Labute approximate surface area is 164 Å². The van der Waals surface area contributed by atoms with Gasteiger partial charge in [0.25, 0.3) is 0 Å². The highest BCUT2D eigenvalue weighted by atomic mass is 35.5. The van der Waals surface area contributed by atoms with Crippen molar-refractivity contribution in [2.45, 2.75) is 10.5 Å². The molecule has 1 fully saturated rings. The Morgan fingerprint density at radius 3 is 2.19 bits per heavy atom.